The van der Waals surface area contributed by atoms with Gasteiger partial charge in [0, 0.05) is 28.7 Å². The van der Waals surface area contributed by atoms with E-state index in [1.54, 1.807) is 0 Å². The Morgan fingerprint density at radius 3 is 2.48 bits per heavy atom. The van der Waals surface area contributed by atoms with Crippen molar-refractivity contribution in [1.29, 1.82) is 0 Å². The molecule has 112 valence electrons. The highest BCUT2D eigenvalue weighted by atomic mass is 35.5. The van der Waals surface area contributed by atoms with Gasteiger partial charge in [0.05, 0.1) is 0 Å². The zero-order chi connectivity index (χ0) is 15.4. The maximum Gasteiger partial charge on any atom is 0.130 e. The fourth-order valence-electron chi connectivity index (χ4n) is 2.42. The van der Waals surface area contributed by atoms with E-state index in [2.05, 4.69) is 5.32 Å². The zero-order valence-electron chi connectivity index (χ0n) is 12.0. The summed E-state index contributed by atoms with van der Waals surface area (Å²) in [6, 6.07) is 11.2. The number of halogens is 3. The van der Waals surface area contributed by atoms with Gasteiger partial charge in [0.15, 0.2) is 0 Å². The van der Waals surface area contributed by atoms with Gasteiger partial charge in [-0.3, -0.25) is 0 Å². The van der Waals surface area contributed by atoms with Crippen molar-refractivity contribution in [1.82, 2.24) is 5.32 Å². The summed E-state index contributed by atoms with van der Waals surface area (Å²) in [5.41, 5.74) is 1.51. The molecule has 4 heteroatoms. The fourth-order valence-corrected chi connectivity index (χ4v) is 2.63. The van der Waals surface area contributed by atoms with Gasteiger partial charge in [0.2, 0.25) is 0 Å². The van der Waals surface area contributed by atoms with Gasteiger partial charge in [-0.1, -0.05) is 35.9 Å². The van der Waals surface area contributed by atoms with Gasteiger partial charge in [-0.25, -0.2) is 8.78 Å². The highest BCUT2D eigenvalue weighted by Gasteiger charge is 2.15. The third-order valence-electron chi connectivity index (χ3n) is 3.45. The molecule has 0 spiro atoms. The molecule has 0 aliphatic heterocycles. The van der Waals surface area contributed by atoms with E-state index in [-0.39, 0.29) is 12.1 Å². The molecular weight excluding hydrogens is 292 g/mol. The predicted molar refractivity (Wildman–Crippen MR) is 82.5 cm³/mol. The Bertz CT molecular complexity index is 615. The van der Waals surface area contributed by atoms with Crippen LogP contribution in [0.25, 0.3) is 0 Å². The van der Waals surface area contributed by atoms with Crippen LogP contribution >= 0.6 is 11.6 Å². The molecule has 1 nitrogen and oxygen atoms in total. The van der Waals surface area contributed by atoms with Gasteiger partial charge < -0.3 is 5.32 Å². The third-order valence-corrected chi connectivity index (χ3v) is 3.82. The third kappa shape index (κ3) is 4.26. The van der Waals surface area contributed by atoms with Crippen molar-refractivity contribution in [2.45, 2.75) is 32.4 Å². The van der Waals surface area contributed by atoms with Gasteiger partial charge in [-0.2, -0.15) is 0 Å². The summed E-state index contributed by atoms with van der Waals surface area (Å²) in [5.74, 6) is -1.09. The number of benzene rings is 2. The largest absolute Gasteiger partial charge is 0.307 e. The van der Waals surface area contributed by atoms with E-state index < -0.39 is 11.6 Å². The SMILES string of the molecule is CC(Cc1ccccc1Cl)NC(C)c1ccc(F)cc1F. The van der Waals surface area contributed by atoms with E-state index in [0.717, 1.165) is 23.1 Å². The lowest BCUT2D eigenvalue weighted by molar-refractivity contribution is 0.458. The lowest BCUT2D eigenvalue weighted by Gasteiger charge is -2.21. The van der Waals surface area contributed by atoms with E-state index >= 15 is 0 Å². The smallest absolute Gasteiger partial charge is 0.130 e. The first-order valence-electron chi connectivity index (χ1n) is 6.91. The lowest BCUT2D eigenvalue weighted by Crippen LogP contribution is -2.31. The van der Waals surface area contributed by atoms with Crippen molar-refractivity contribution in [2.75, 3.05) is 0 Å². The van der Waals surface area contributed by atoms with Crippen molar-refractivity contribution in [3.8, 4) is 0 Å². The van der Waals surface area contributed by atoms with Crippen molar-refractivity contribution in [3.63, 3.8) is 0 Å². The monoisotopic (exact) mass is 309 g/mol. The molecule has 2 aromatic carbocycles. The molecule has 0 aliphatic carbocycles. The van der Waals surface area contributed by atoms with Crippen molar-refractivity contribution < 1.29 is 8.78 Å². The Morgan fingerprint density at radius 2 is 1.81 bits per heavy atom. The van der Waals surface area contributed by atoms with Crippen LogP contribution in [0.2, 0.25) is 5.02 Å². The summed E-state index contributed by atoms with van der Waals surface area (Å²) in [6.07, 6.45) is 0.743. The van der Waals surface area contributed by atoms with Gasteiger partial charge >= 0.3 is 0 Å². The summed E-state index contributed by atoms with van der Waals surface area (Å²) in [7, 11) is 0. The normalized spacial score (nSPS) is 14.0. The Morgan fingerprint density at radius 1 is 1.10 bits per heavy atom. The van der Waals surface area contributed by atoms with Crippen LogP contribution in [-0.2, 0) is 6.42 Å². The Hall–Kier alpha value is -1.45. The van der Waals surface area contributed by atoms with Crippen LogP contribution < -0.4 is 5.32 Å². The molecule has 2 unspecified atom stereocenters. The molecule has 0 heterocycles. The van der Waals surface area contributed by atoms with Crippen LogP contribution in [0, 0.1) is 11.6 Å². The van der Waals surface area contributed by atoms with E-state index in [9.17, 15) is 8.78 Å². The second kappa shape index (κ2) is 7.01. The standard InChI is InChI=1S/C17H18ClF2N/c1-11(9-13-5-3-4-6-16(13)18)21-12(2)15-8-7-14(19)10-17(15)20/h3-8,10-12,21H,9H2,1-2H3. The second-order valence-electron chi connectivity index (χ2n) is 5.25. The fraction of sp³-hybridized carbons (Fsp3) is 0.294. The summed E-state index contributed by atoms with van der Waals surface area (Å²) in [6.45, 7) is 3.88. The van der Waals surface area contributed by atoms with Gasteiger partial charge in [-0.15, -0.1) is 0 Å². The summed E-state index contributed by atoms with van der Waals surface area (Å²) >= 11 is 6.14. The second-order valence-corrected chi connectivity index (χ2v) is 5.66. The summed E-state index contributed by atoms with van der Waals surface area (Å²) in [4.78, 5) is 0. The number of hydrogen-bond acceptors (Lipinski definition) is 1. The molecule has 0 saturated heterocycles. The maximum absolute atomic E-state index is 13.7. The average Bonchev–Trinajstić information content (AvgIpc) is 2.41. The molecule has 0 radical (unpaired) electrons. The first kappa shape index (κ1) is 15.9. The minimum atomic E-state index is -0.562. The van der Waals surface area contributed by atoms with Crippen molar-refractivity contribution in [3.05, 3.63) is 70.2 Å². The number of rotatable bonds is 5. The summed E-state index contributed by atoms with van der Waals surface area (Å²) < 4.78 is 26.7. The highest BCUT2D eigenvalue weighted by molar-refractivity contribution is 6.31. The van der Waals surface area contributed by atoms with E-state index in [0.29, 0.717) is 5.56 Å². The van der Waals surface area contributed by atoms with Crippen LogP contribution in [0.15, 0.2) is 42.5 Å². The molecule has 0 bridgehead atoms. The van der Waals surface area contributed by atoms with Crippen LogP contribution in [0.4, 0.5) is 8.78 Å². The molecule has 2 rings (SSSR count). The predicted octanol–water partition coefficient (Wildman–Crippen LogP) is 4.90. The number of hydrogen-bond donors (Lipinski definition) is 1. The zero-order valence-corrected chi connectivity index (χ0v) is 12.8. The molecule has 2 aromatic rings. The van der Waals surface area contributed by atoms with Crippen molar-refractivity contribution in [2.24, 2.45) is 0 Å². The molecule has 0 amide bonds. The topological polar surface area (TPSA) is 12.0 Å². The molecule has 0 saturated carbocycles. The van der Waals surface area contributed by atoms with Gasteiger partial charge in [0.25, 0.3) is 0 Å². The van der Waals surface area contributed by atoms with Crippen LogP contribution in [0.3, 0.4) is 0 Å². The Labute approximate surface area is 128 Å². The first-order valence-corrected chi connectivity index (χ1v) is 7.29. The highest BCUT2D eigenvalue weighted by Crippen LogP contribution is 2.20. The molecule has 2 atom stereocenters. The average molecular weight is 310 g/mol. The van der Waals surface area contributed by atoms with Crippen LogP contribution in [0.1, 0.15) is 31.0 Å². The maximum atomic E-state index is 13.7. The molecule has 0 fully saturated rings. The van der Waals surface area contributed by atoms with Gasteiger partial charge in [0.1, 0.15) is 11.6 Å². The van der Waals surface area contributed by atoms with E-state index in [1.807, 2.05) is 38.1 Å². The quantitative estimate of drug-likeness (QED) is 0.828. The summed E-state index contributed by atoms with van der Waals surface area (Å²) in [5, 5.41) is 4.04. The van der Waals surface area contributed by atoms with E-state index in [1.165, 1.54) is 12.1 Å². The molecule has 0 aromatic heterocycles. The number of nitrogens with one attached hydrogen (secondary N) is 1. The molecule has 1 N–H and O–H groups in total. The van der Waals surface area contributed by atoms with Crippen LogP contribution in [-0.4, -0.2) is 6.04 Å². The minimum Gasteiger partial charge on any atom is -0.307 e. The Balaban J connectivity index is 2.02. The minimum absolute atomic E-state index is 0.115. The molecular formula is C17H18ClF2N. The van der Waals surface area contributed by atoms with Crippen LogP contribution in [0.5, 0.6) is 0 Å². The first-order chi connectivity index (χ1) is 9.97. The van der Waals surface area contributed by atoms with E-state index in [4.69, 9.17) is 11.6 Å². The lowest BCUT2D eigenvalue weighted by atomic mass is 10.0. The van der Waals surface area contributed by atoms with Gasteiger partial charge in [-0.05, 0) is 38.0 Å². The molecule has 0 aliphatic rings. The molecule has 21 heavy (non-hydrogen) atoms. The Kier molecular flexibility index (Phi) is 5.32. The van der Waals surface area contributed by atoms with Crippen molar-refractivity contribution >= 4 is 11.6 Å².